The van der Waals surface area contributed by atoms with E-state index in [2.05, 4.69) is 41.5 Å². The van der Waals surface area contributed by atoms with Crippen molar-refractivity contribution >= 4 is 10.9 Å². The molecule has 21 heavy (non-hydrogen) atoms. The number of rotatable bonds is 6. The van der Waals surface area contributed by atoms with Gasteiger partial charge >= 0.3 is 0 Å². The van der Waals surface area contributed by atoms with Gasteiger partial charge in [-0.2, -0.15) is 0 Å². The average molecular weight is 280 g/mol. The molecule has 0 aliphatic heterocycles. The first-order valence-electron chi connectivity index (χ1n) is 7.48. The fraction of sp³-hybridized carbons (Fsp3) is 0.278. The smallest absolute Gasteiger partial charge is 0.103 e. The van der Waals surface area contributed by atoms with Gasteiger partial charge < -0.3 is 9.73 Å². The Morgan fingerprint density at radius 3 is 2.90 bits per heavy atom. The molecule has 0 spiro atoms. The van der Waals surface area contributed by atoms with E-state index in [9.17, 15) is 0 Å². The molecule has 0 saturated carbocycles. The van der Waals surface area contributed by atoms with Gasteiger partial charge in [0.05, 0.1) is 11.8 Å². The summed E-state index contributed by atoms with van der Waals surface area (Å²) in [6.07, 6.45) is 5.52. The van der Waals surface area contributed by atoms with Gasteiger partial charge in [0, 0.05) is 24.0 Å². The summed E-state index contributed by atoms with van der Waals surface area (Å²) in [6, 6.07) is 14.8. The molecular weight excluding hydrogens is 260 g/mol. The predicted molar refractivity (Wildman–Crippen MR) is 85.2 cm³/mol. The summed E-state index contributed by atoms with van der Waals surface area (Å²) >= 11 is 0. The summed E-state index contributed by atoms with van der Waals surface area (Å²) < 4.78 is 5.45. The van der Waals surface area contributed by atoms with Crippen LogP contribution in [0, 0.1) is 0 Å². The van der Waals surface area contributed by atoms with E-state index in [4.69, 9.17) is 4.42 Å². The Kier molecular flexibility index (Phi) is 4.31. The van der Waals surface area contributed by atoms with Crippen molar-refractivity contribution in [2.75, 3.05) is 6.54 Å². The number of benzene rings is 1. The first kappa shape index (κ1) is 13.8. The van der Waals surface area contributed by atoms with Gasteiger partial charge in [0.25, 0.3) is 0 Å². The lowest BCUT2D eigenvalue weighted by atomic mass is 9.97. The number of nitrogens with zero attached hydrogens (tertiary/aromatic N) is 1. The van der Waals surface area contributed by atoms with Gasteiger partial charge in [-0.25, -0.2) is 0 Å². The summed E-state index contributed by atoms with van der Waals surface area (Å²) in [5.74, 6) is 1.04. The number of aryl methyl sites for hydroxylation is 1. The quantitative estimate of drug-likeness (QED) is 0.738. The zero-order valence-corrected chi connectivity index (χ0v) is 12.3. The first-order chi connectivity index (χ1) is 10.4. The van der Waals surface area contributed by atoms with Gasteiger partial charge in [-0.1, -0.05) is 25.1 Å². The van der Waals surface area contributed by atoms with E-state index in [-0.39, 0.29) is 0 Å². The highest BCUT2D eigenvalue weighted by Crippen LogP contribution is 2.26. The number of hydrogen-bond acceptors (Lipinski definition) is 3. The topological polar surface area (TPSA) is 38.1 Å². The molecule has 2 heterocycles. The summed E-state index contributed by atoms with van der Waals surface area (Å²) in [4.78, 5) is 4.45. The molecule has 108 valence electrons. The van der Waals surface area contributed by atoms with Crippen LogP contribution in [-0.2, 0) is 6.42 Å². The highest BCUT2D eigenvalue weighted by atomic mass is 16.3. The zero-order chi connectivity index (χ0) is 14.5. The van der Waals surface area contributed by atoms with Crippen LogP contribution in [-0.4, -0.2) is 11.5 Å². The lowest BCUT2D eigenvalue weighted by Gasteiger charge is -2.19. The van der Waals surface area contributed by atoms with Crippen LogP contribution in [0.25, 0.3) is 10.9 Å². The summed E-state index contributed by atoms with van der Waals surface area (Å²) in [5, 5.41) is 4.81. The van der Waals surface area contributed by atoms with Crippen LogP contribution in [0.2, 0.25) is 0 Å². The Hall–Kier alpha value is -2.13. The number of aromatic nitrogens is 1. The second-order valence-corrected chi connectivity index (χ2v) is 5.15. The van der Waals surface area contributed by atoms with Gasteiger partial charge in [-0.05, 0) is 42.8 Å². The first-order valence-corrected chi connectivity index (χ1v) is 7.48. The molecule has 3 heteroatoms. The van der Waals surface area contributed by atoms with Crippen LogP contribution in [0.5, 0.6) is 0 Å². The van der Waals surface area contributed by atoms with Gasteiger partial charge in [0.15, 0.2) is 0 Å². The van der Waals surface area contributed by atoms with Crippen molar-refractivity contribution in [3.63, 3.8) is 0 Å². The van der Waals surface area contributed by atoms with Crippen LogP contribution in [0.4, 0.5) is 0 Å². The molecule has 0 bridgehead atoms. The predicted octanol–water partition coefficient (Wildman–Crippen LogP) is 4.11. The number of furan rings is 1. The number of nitrogens with one attached hydrogen (secondary N) is 1. The van der Waals surface area contributed by atoms with Crippen LogP contribution in [0.1, 0.15) is 30.7 Å². The molecule has 0 amide bonds. The third kappa shape index (κ3) is 3.14. The van der Waals surface area contributed by atoms with E-state index in [1.807, 2.05) is 24.4 Å². The maximum absolute atomic E-state index is 5.45. The Bertz CT molecular complexity index is 686. The third-order valence-electron chi connectivity index (χ3n) is 3.76. The van der Waals surface area contributed by atoms with E-state index in [0.29, 0.717) is 6.04 Å². The molecule has 3 aromatic rings. The van der Waals surface area contributed by atoms with E-state index >= 15 is 0 Å². The molecule has 1 aromatic carbocycles. The van der Waals surface area contributed by atoms with Gasteiger partial charge in [0.1, 0.15) is 5.76 Å². The molecular formula is C18H20N2O. The zero-order valence-electron chi connectivity index (χ0n) is 12.3. The molecule has 1 unspecified atom stereocenters. The molecule has 3 rings (SSSR count). The highest BCUT2D eigenvalue weighted by molar-refractivity contribution is 5.82. The minimum Gasteiger partial charge on any atom is -0.469 e. The van der Waals surface area contributed by atoms with Gasteiger partial charge in [-0.3, -0.25) is 4.98 Å². The van der Waals surface area contributed by atoms with Gasteiger partial charge in [-0.15, -0.1) is 0 Å². The SMILES string of the molecule is CCNC(CCc1ccco1)c1cccc2ncccc12. The second-order valence-electron chi connectivity index (χ2n) is 5.15. The fourth-order valence-corrected chi connectivity index (χ4v) is 2.79. The van der Waals surface area contributed by atoms with E-state index in [1.165, 1.54) is 10.9 Å². The van der Waals surface area contributed by atoms with E-state index in [1.54, 1.807) is 6.26 Å². The molecule has 0 fully saturated rings. The average Bonchev–Trinajstić information content (AvgIpc) is 3.04. The third-order valence-corrected chi connectivity index (χ3v) is 3.76. The second kappa shape index (κ2) is 6.55. The Labute approximate surface area is 125 Å². The van der Waals surface area contributed by atoms with Crippen LogP contribution >= 0.6 is 0 Å². The normalized spacial score (nSPS) is 12.6. The van der Waals surface area contributed by atoms with E-state index in [0.717, 1.165) is 30.7 Å². The highest BCUT2D eigenvalue weighted by Gasteiger charge is 2.14. The monoisotopic (exact) mass is 280 g/mol. The Balaban J connectivity index is 1.88. The van der Waals surface area contributed by atoms with Crippen LogP contribution in [0.15, 0.2) is 59.3 Å². The van der Waals surface area contributed by atoms with Crippen molar-refractivity contribution in [2.24, 2.45) is 0 Å². The fourth-order valence-electron chi connectivity index (χ4n) is 2.79. The van der Waals surface area contributed by atoms with Crippen molar-refractivity contribution in [1.29, 1.82) is 0 Å². The van der Waals surface area contributed by atoms with Crippen LogP contribution in [0.3, 0.4) is 0 Å². The summed E-state index contributed by atoms with van der Waals surface area (Å²) in [7, 11) is 0. The lowest BCUT2D eigenvalue weighted by molar-refractivity contribution is 0.460. The standard InChI is InChI=1S/C18H20N2O/c1-2-19-18(11-10-14-6-5-13-21-14)15-7-3-9-17-16(15)8-4-12-20-17/h3-9,12-13,18-19H,2,10-11H2,1H3. The number of fused-ring (bicyclic) bond motifs is 1. The molecule has 0 saturated heterocycles. The molecule has 2 aromatic heterocycles. The number of pyridine rings is 1. The Morgan fingerprint density at radius 2 is 2.10 bits per heavy atom. The van der Waals surface area contributed by atoms with Crippen LogP contribution < -0.4 is 5.32 Å². The van der Waals surface area contributed by atoms with Crippen molar-refractivity contribution in [2.45, 2.75) is 25.8 Å². The summed E-state index contributed by atoms with van der Waals surface area (Å²) in [6.45, 7) is 3.09. The molecule has 0 aliphatic rings. The molecule has 3 nitrogen and oxygen atoms in total. The summed E-state index contributed by atoms with van der Waals surface area (Å²) in [5.41, 5.74) is 2.37. The molecule has 0 radical (unpaired) electrons. The minimum atomic E-state index is 0.313. The maximum Gasteiger partial charge on any atom is 0.103 e. The van der Waals surface area contributed by atoms with Gasteiger partial charge in [0.2, 0.25) is 0 Å². The molecule has 0 aliphatic carbocycles. The largest absolute Gasteiger partial charge is 0.469 e. The molecule has 1 atom stereocenters. The molecule has 1 N–H and O–H groups in total. The van der Waals surface area contributed by atoms with E-state index < -0.39 is 0 Å². The number of hydrogen-bond donors (Lipinski definition) is 1. The minimum absolute atomic E-state index is 0.313. The van der Waals surface area contributed by atoms with Crippen molar-refractivity contribution in [3.05, 3.63) is 66.2 Å². The van der Waals surface area contributed by atoms with Crippen molar-refractivity contribution < 1.29 is 4.42 Å². The Morgan fingerprint density at radius 1 is 1.14 bits per heavy atom. The lowest BCUT2D eigenvalue weighted by Crippen LogP contribution is -2.21. The maximum atomic E-state index is 5.45. The van der Waals surface area contributed by atoms with Crippen molar-refractivity contribution in [1.82, 2.24) is 10.3 Å². The van der Waals surface area contributed by atoms with Crippen molar-refractivity contribution in [3.8, 4) is 0 Å².